The van der Waals surface area contributed by atoms with Crippen molar-refractivity contribution in [2.75, 3.05) is 0 Å². The van der Waals surface area contributed by atoms with Crippen molar-refractivity contribution in [3.63, 3.8) is 0 Å². The van der Waals surface area contributed by atoms with Crippen LogP contribution >= 0.6 is 0 Å². The molecule has 2 aromatic carbocycles. The third kappa shape index (κ3) is 3.06. The minimum absolute atomic E-state index is 0.190. The average molecular weight is 359 g/mol. The highest BCUT2D eigenvalue weighted by atomic mass is 14.6. The fourth-order valence-electron chi connectivity index (χ4n) is 7.23. The summed E-state index contributed by atoms with van der Waals surface area (Å²) in [4.78, 5) is 0. The van der Waals surface area contributed by atoms with Gasteiger partial charge in [0.05, 0.1) is 0 Å². The van der Waals surface area contributed by atoms with Crippen molar-refractivity contribution in [1.82, 2.24) is 0 Å². The molecule has 2 aromatic rings. The molecule has 0 nitrogen and oxygen atoms in total. The van der Waals surface area contributed by atoms with Gasteiger partial charge in [0, 0.05) is 5.92 Å². The van der Waals surface area contributed by atoms with E-state index < -0.39 is 0 Å². The Morgan fingerprint density at radius 1 is 0.704 bits per heavy atom. The van der Waals surface area contributed by atoms with Crippen LogP contribution in [-0.2, 0) is 5.41 Å². The van der Waals surface area contributed by atoms with E-state index in [9.17, 15) is 0 Å². The standard InChI is InChI=1S/C27H34/c1-27(2,3)24-12-8-7-11-23(24)26(20-9-5-4-6-10-20)25-21-14-18-13-19(16-21)17-22(25)15-18/h4-12,18-19,21-22,25-26H,13-17H2,1-3H3. The summed E-state index contributed by atoms with van der Waals surface area (Å²) in [5.74, 6) is 5.37. The van der Waals surface area contributed by atoms with E-state index in [2.05, 4.69) is 75.4 Å². The van der Waals surface area contributed by atoms with E-state index in [-0.39, 0.29) is 5.41 Å². The average Bonchev–Trinajstić information content (AvgIpc) is 2.64. The van der Waals surface area contributed by atoms with Crippen LogP contribution in [-0.4, -0.2) is 0 Å². The minimum Gasteiger partial charge on any atom is -0.0622 e. The van der Waals surface area contributed by atoms with E-state index >= 15 is 0 Å². The van der Waals surface area contributed by atoms with Crippen LogP contribution in [0, 0.1) is 29.6 Å². The highest BCUT2D eigenvalue weighted by Crippen LogP contribution is 2.61. The SMILES string of the molecule is CC(C)(C)c1ccccc1C(c1ccccc1)C1C2CC3CC(C2)CC1C3. The first-order chi connectivity index (χ1) is 13.0. The molecule has 0 radical (unpaired) electrons. The molecule has 4 fully saturated rings. The Morgan fingerprint density at radius 2 is 1.26 bits per heavy atom. The van der Waals surface area contributed by atoms with Crippen molar-refractivity contribution in [3.05, 3.63) is 71.3 Å². The van der Waals surface area contributed by atoms with E-state index in [0.717, 1.165) is 29.6 Å². The predicted molar refractivity (Wildman–Crippen MR) is 114 cm³/mol. The van der Waals surface area contributed by atoms with E-state index in [0.29, 0.717) is 5.92 Å². The Hall–Kier alpha value is -1.56. The van der Waals surface area contributed by atoms with Crippen molar-refractivity contribution < 1.29 is 0 Å². The van der Waals surface area contributed by atoms with E-state index in [1.54, 1.807) is 16.7 Å². The molecule has 4 saturated carbocycles. The molecular weight excluding hydrogens is 324 g/mol. The molecule has 142 valence electrons. The largest absolute Gasteiger partial charge is 0.0622 e. The van der Waals surface area contributed by atoms with Crippen LogP contribution in [0.3, 0.4) is 0 Å². The fraction of sp³-hybridized carbons (Fsp3) is 0.556. The Kier molecular flexibility index (Phi) is 4.22. The van der Waals surface area contributed by atoms with Gasteiger partial charge >= 0.3 is 0 Å². The second-order valence-corrected chi connectivity index (χ2v) is 10.7. The molecule has 0 aliphatic heterocycles. The van der Waals surface area contributed by atoms with Gasteiger partial charge < -0.3 is 0 Å². The predicted octanol–water partition coefficient (Wildman–Crippen LogP) is 7.19. The lowest BCUT2D eigenvalue weighted by molar-refractivity contribution is -0.0430. The Morgan fingerprint density at radius 3 is 1.85 bits per heavy atom. The summed E-state index contributed by atoms with van der Waals surface area (Å²) in [6.07, 6.45) is 7.53. The molecule has 1 atom stereocenters. The smallest absolute Gasteiger partial charge is 0.0126 e. The molecular formula is C27H34. The maximum Gasteiger partial charge on any atom is 0.0126 e. The Labute approximate surface area is 165 Å². The zero-order valence-electron chi connectivity index (χ0n) is 17.2. The molecule has 0 amide bonds. The molecule has 4 aliphatic rings. The molecule has 4 aliphatic carbocycles. The summed E-state index contributed by atoms with van der Waals surface area (Å²) in [5.41, 5.74) is 4.89. The van der Waals surface area contributed by atoms with Gasteiger partial charge in [0.1, 0.15) is 0 Å². The van der Waals surface area contributed by atoms with E-state index in [1.165, 1.54) is 32.1 Å². The monoisotopic (exact) mass is 358 g/mol. The third-order valence-corrected chi connectivity index (χ3v) is 7.95. The number of hydrogen-bond donors (Lipinski definition) is 0. The van der Waals surface area contributed by atoms with Crippen LogP contribution in [0.15, 0.2) is 54.6 Å². The first-order valence-electron chi connectivity index (χ1n) is 11.1. The van der Waals surface area contributed by atoms with Gasteiger partial charge in [-0.25, -0.2) is 0 Å². The maximum atomic E-state index is 2.45. The molecule has 0 aromatic heterocycles. The summed E-state index contributed by atoms with van der Waals surface area (Å²) >= 11 is 0. The summed E-state index contributed by atoms with van der Waals surface area (Å²) < 4.78 is 0. The van der Waals surface area contributed by atoms with Gasteiger partial charge in [-0.1, -0.05) is 75.4 Å². The van der Waals surface area contributed by atoms with Crippen molar-refractivity contribution in [1.29, 1.82) is 0 Å². The van der Waals surface area contributed by atoms with Gasteiger partial charge in [-0.05, 0) is 83.8 Å². The quantitative estimate of drug-likeness (QED) is 0.544. The normalized spacial score (nSPS) is 33.2. The second kappa shape index (κ2) is 6.50. The number of rotatable bonds is 3. The topological polar surface area (TPSA) is 0 Å². The zero-order valence-corrected chi connectivity index (χ0v) is 17.2. The van der Waals surface area contributed by atoms with Crippen LogP contribution in [0.1, 0.15) is 75.5 Å². The summed E-state index contributed by atoms with van der Waals surface area (Å²) in [6, 6.07) is 20.8. The molecule has 0 heteroatoms. The van der Waals surface area contributed by atoms with Gasteiger partial charge in [0.25, 0.3) is 0 Å². The van der Waals surface area contributed by atoms with Crippen molar-refractivity contribution in [2.45, 2.75) is 64.2 Å². The highest BCUT2D eigenvalue weighted by Gasteiger charge is 2.51. The molecule has 0 N–H and O–H groups in total. The lowest BCUT2D eigenvalue weighted by atomic mass is 9.48. The lowest BCUT2D eigenvalue weighted by Crippen LogP contribution is -2.47. The summed E-state index contributed by atoms with van der Waals surface area (Å²) in [6.45, 7) is 7.14. The molecule has 0 heterocycles. The molecule has 1 unspecified atom stereocenters. The van der Waals surface area contributed by atoms with Gasteiger partial charge in [0.2, 0.25) is 0 Å². The van der Waals surface area contributed by atoms with Gasteiger partial charge in [-0.15, -0.1) is 0 Å². The first-order valence-corrected chi connectivity index (χ1v) is 11.1. The fourth-order valence-corrected chi connectivity index (χ4v) is 7.23. The molecule has 4 bridgehead atoms. The highest BCUT2D eigenvalue weighted by molar-refractivity contribution is 5.42. The van der Waals surface area contributed by atoms with Gasteiger partial charge in [-0.2, -0.15) is 0 Å². The van der Waals surface area contributed by atoms with Gasteiger partial charge in [-0.3, -0.25) is 0 Å². The molecule has 0 saturated heterocycles. The third-order valence-electron chi connectivity index (χ3n) is 7.95. The number of benzene rings is 2. The van der Waals surface area contributed by atoms with Crippen molar-refractivity contribution in [3.8, 4) is 0 Å². The van der Waals surface area contributed by atoms with Crippen LogP contribution < -0.4 is 0 Å². The number of hydrogen-bond acceptors (Lipinski definition) is 0. The Balaban J connectivity index is 1.64. The van der Waals surface area contributed by atoms with Crippen LogP contribution in [0.25, 0.3) is 0 Å². The summed E-state index contributed by atoms with van der Waals surface area (Å²) in [5, 5.41) is 0. The zero-order chi connectivity index (χ0) is 18.6. The van der Waals surface area contributed by atoms with Crippen molar-refractivity contribution in [2.24, 2.45) is 29.6 Å². The Bertz CT molecular complexity index is 766. The first kappa shape index (κ1) is 17.5. The van der Waals surface area contributed by atoms with Gasteiger partial charge in [0.15, 0.2) is 0 Å². The van der Waals surface area contributed by atoms with Crippen LogP contribution in [0.4, 0.5) is 0 Å². The molecule has 27 heavy (non-hydrogen) atoms. The second-order valence-electron chi connectivity index (χ2n) is 10.7. The summed E-state index contributed by atoms with van der Waals surface area (Å²) in [7, 11) is 0. The lowest BCUT2D eigenvalue weighted by Gasteiger charge is -2.57. The van der Waals surface area contributed by atoms with E-state index in [4.69, 9.17) is 0 Å². The maximum absolute atomic E-state index is 2.45. The molecule has 6 rings (SSSR count). The van der Waals surface area contributed by atoms with E-state index in [1.807, 2.05) is 0 Å². The minimum atomic E-state index is 0.190. The van der Waals surface area contributed by atoms with Crippen LogP contribution in [0.2, 0.25) is 0 Å². The molecule has 0 spiro atoms. The van der Waals surface area contributed by atoms with Crippen molar-refractivity contribution >= 4 is 0 Å². The van der Waals surface area contributed by atoms with Crippen LogP contribution in [0.5, 0.6) is 0 Å².